The lowest BCUT2D eigenvalue weighted by molar-refractivity contribution is 0.104. The molecule has 3 rings (SSSR count). The molecule has 0 atom stereocenters. The molecule has 0 fully saturated rings. The van der Waals surface area contributed by atoms with Crippen molar-refractivity contribution in [2.24, 2.45) is 0 Å². The number of anilines is 1. The zero-order chi connectivity index (χ0) is 26.9. The summed E-state index contributed by atoms with van der Waals surface area (Å²) in [5.41, 5.74) is 2.63. The van der Waals surface area contributed by atoms with Crippen LogP contribution in [0, 0.1) is 0 Å². The van der Waals surface area contributed by atoms with Crippen molar-refractivity contribution in [2.45, 2.75) is 0 Å². The molecule has 0 unspecified atom stereocenters. The van der Waals surface area contributed by atoms with Gasteiger partial charge in [-0.05, 0) is 53.6 Å². The average molecular weight is 544 g/mol. The van der Waals surface area contributed by atoms with Gasteiger partial charge in [-0.3, -0.25) is 4.79 Å². The predicted molar refractivity (Wildman–Crippen MR) is 148 cm³/mol. The summed E-state index contributed by atoms with van der Waals surface area (Å²) in [5, 5.41) is 3.83. The van der Waals surface area contributed by atoms with Gasteiger partial charge in [0.1, 0.15) is 5.75 Å². The maximum atomic E-state index is 12.6. The Bertz CT molecular complexity index is 1310. The monoisotopic (exact) mass is 543 g/mol. The van der Waals surface area contributed by atoms with Gasteiger partial charge in [0.05, 0.1) is 51.3 Å². The van der Waals surface area contributed by atoms with Gasteiger partial charge in [0.15, 0.2) is 23.0 Å². The van der Waals surface area contributed by atoms with E-state index in [-0.39, 0.29) is 5.78 Å². The third-order valence-corrected chi connectivity index (χ3v) is 5.91. The Morgan fingerprint density at radius 2 is 1.30 bits per heavy atom. The molecular weight excluding hydrogens is 517 g/mol. The molecule has 0 radical (unpaired) electrons. The molecular formula is C28H27Cl2NO6. The number of carbonyl (C=O) groups excluding carboxylic acids is 1. The first kappa shape index (κ1) is 27.8. The molecule has 0 saturated heterocycles. The van der Waals surface area contributed by atoms with Gasteiger partial charge < -0.3 is 29.0 Å². The Kier molecular flexibility index (Phi) is 9.71. The standard InChI is InChI=1S/C28H27Cl2NO6/c1-33-24-9-8-19(16-20(24)29)23(32)10-11-31-22-13-17(12-21(30)27(22)36-4)6-7-18-14-25(34-2)28(37-5)26(15-18)35-3/h6-16,31H,1-5H3/b7-6-,11-10-. The lowest BCUT2D eigenvalue weighted by atomic mass is 10.1. The Morgan fingerprint density at radius 1 is 0.703 bits per heavy atom. The number of nitrogens with one attached hydrogen (secondary N) is 1. The first-order chi connectivity index (χ1) is 17.8. The summed E-state index contributed by atoms with van der Waals surface area (Å²) in [6.45, 7) is 0. The Morgan fingerprint density at radius 3 is 1.84 bits per heavy atom. The van der Waals surface area contributed by atoms with Gasteiger partial charge in [0.2, 0.25) is 5.75 Å². The number of hydrogen-bond acceptors (Lipinski definition) is 7. The zero-order valence-electron chi connectivity index (χ0n) is 21.1. The largest absolute Gasteiger partial charge is 0.495 e. The number of ether oxygens (including phenoxy) is 5. The minimum atomic E-state index is -0.236. The maximum absolute atomic E-state index is 12.6. The van der Waals surface area contributed by atoms with Crippen LogP contribution in [-0.2, 0) is 0 Å². The molecule has 1 N–H and O–H groups in total. The smallest absolute Gasteiger partial charge is 0.203 e. The van der Waals surface area contributed by atoms with Gasteiger partial charge in [-0.1, -0.05) is 35.4 Å². The summed E-state index contributed by atoms with van der Waals surface area (Å²) in [5.74, 6) is 2.31. The topological polar surface area (TPSA) is 75.3 Å². The fourth-order valence-corrected chi connectivity index (χ4v) is 4.10. The molecule has 194 valence electrons. The minimum absolute atomic E-state index is 0.236. The van der Waals surface area contributed by atoms with Crippen molar-refractivity contribution in [3.63, 3.8) is 0 Å². The summed E-state index contributed by atoms with van der Waals surface area (Å²) in [6, 6.07) is 12.1. The average Bonchev–Trinajstić information content (AvgIpc) is 2.90. The van der Waals surface area contributed by atoms with Gasteiger partial charge in [-0.25, -0.2) is 0 Å². The highest BCUT2D eigenvalue weighted by Crippen LogP contribution is 2.39. The van der Waals surface area contributed by atoms with Gasteiger partial charge in [0, 0.05) is 17.8 Å². The zero-order valence-corrected chi connectivity index (χ0v) is 22.6. The van der Waals surface area contributed by atoms with Crippen LogP contribution >= 0.6 is 23.2 Å². The maximum Gasteiger partial charge on any atom is 0.203 e. The van der Waals surface area contributed by atoms with E-state index < -0.39 is 0 Å². The molecule has 0 spiro atoms. The normalized spacial score (nSPS) is 11.0. The van der Waals surface area contributed by atoms with Crippen molar-refractivity contribution < 1.29 is 28.5 Å². The summed E-state index contributed by atoms with van der Waals surface area (Å²) in [7, 11) is 7.71. The van der Waals surface area contributed by atoms with Crippen LogP contribution in [0.2, 0.25) is 10.0 Å². The number of allylic oxidation sites excluding steroid dienone is 1. The quantitative estimate of drug-likeness (QED) is 0.158. The molecule has 3 aromatic rings. The van der Waals surface area contributed by atoms with Crippen LogP contribution in [0.1, 0.15) is 21.5 Å². The molecule has 0 saturated carbocycles. The van der Waals surface area contributed by atoms with E-state index in [1.807, 2.05) is 30.4 Å². The summed E-state index contributed by atoms with van der Waals surface area (Å²) in [4.78, 5) is 12.6. The summed E-state index contributed by atoms with van der Waals surface area (Å²) >= 11 is 12.6. The number of rotatable bonds is 11. The Hall–Kier alpha value is -3.81. The van der Waals surface area contributed by atoms with Gasteiger partial charge in [-0.2, -0.15) is 0 Å². The number of benzene rings is 3. The van der Waals surface area contributed by atoms with Crippen molar-refractivity contribution in [2.75, 3.05) is 40.9 Å². The van der Waals surface area contributed by atoms with Gasteiger partial charge in [-0.15, -0.1) is 0 Å². The number of carbonyl (C=O) groups is 1. The van der Waals surface area contributed by atoms with E-state index in [4.69, 9.17) is 46.9 Å². The van der Waals surface area contributed by atoms with Gasteiger partial charge >= 0.3 is 0 Å². The van der Waals surface area contributed by atoms with E-state index in [1.54, 1.807) is 45.6 Å². The molecule has 0 aliphatic heterocycles. The SMILES string of the molecule is COc1ccc(C(=O)/C=C\Nc2cc(/C=C\c3cc(OC)c(OC)c(OC)c3)cc(Cl)c2OC)cc1Cl. The molecule has 0 aliphatic rings. The molecule has 0 amide bonds. The highest BCUT2D eigenvalue weighted by molar-refractivity contribution is 6.33. The predicted octanol–water partition coefficient (Wildman–Crippen LogP) is 7.02. The van der Waals surface area contributed by atoms with Crippen molar-refractivity contribution in [3.05, 3.63) is 81.5 Å². The third kappa shape index (κ3) is 6.70. The molecule has 3 aromatic carbocycles. The fraction of sp³-hybridized carbons (Fsp3) is 0.179. The lowest BCUT2D eigenvalue weighted by Crippen LogP contribution is -1.99. The van der Waals surface area contributed by atoms with Crippen LogP contribution in [0.25, 0.3) is 12.2 Å². The van der Waals surface area contributed by atoms with Crippen molar-refractivity contribution in [1.82, 2.24) is 0 Å². The highest BCUT2D eigenvalue weighted by Gasteiger charge is 2.13. The second-order valence-electron chi connectivity index (χ2n) is 7.57. The van der Waals surface area contributed by atoms with Crippen LogP contribution in [0.3, 0.4) is 0 Å². The lowest BCUT2D eigenvalue weighted by Gasteiger charge is -2.13. The number of hydrogen-bond donors (Lipinski definition) is 1. The molecule has 37 heavy (non-hydrogen) atoms. The highest BCUT2D eigenvalue weighted by atomic mass is 35.5. The molecule has 7 nitrogen and oxygen atoms in total. The summed E-state index contributed by atoms with van der Waals surface area (Å²) in [6.07, 6.45) is 6.68. The van der Waals surface area contributed by atoms with E-state index >= 15 is 0 Å². The van der Waals surface area contributed by atoms with E-state index in [1.165, 1.54) is 26.5 Å². The molecule has 0 bridgehead atoms. The Labute approximate surface area is 226 Å². The van der Waals surface area contributed by atoms with Crippen LogP contribution < -0.4 is 29.0 Å². The van der Waals surface area contributed by atoms with E-state index in [0.717, 1.165) is 11.1 Å². The van der Waals surface area contributed by atoms with Crippen LogP contribution in [-0.4, -0.2) is 41.3 Å². The molecule has 0 heterocycles. The van der Waals surface area contributed by atoms with E-state index in [0.29, 0.717) is 50.0 Å². The fourth-order valence-electron chi connectivity index (χ4n) is 3.54. The first-order valence-electron chi connectivity index (χ1n) is 11.0. The van der Waals surface area contributed by atoms with E-state index in [2.05, 4.69) is 5.32 Å². The third-order valence-electron chi connectivity index (χ3n) is 5.34. The first-order valence-corrected chi connectivity index (χ1v) is 11.8. The van der Waals surface area contributed by atoms with E-state index in [9.17, 15) is 4.79 Å². The molecule has 0 aliphatic carbocycles. The minimum Gasteiger partial charge on any atom is -0.495 e. The van der Waals surface area contributed by atoms with Crippen molar-refractivity contribution in [1.29, 1.82) is 0 Å². The van der Waals surface area contributed by atoms with Crippen LogP contribution in [0.5, 0.6) is 28.7 Å². The number of methoxy groups -OCH3 is 5. The van der Waals surface area contributed by atoms with Gasteiger partial charge in [0.25, 0.3) is 0 Å². The second kappa shape index (κ2) is 12.9. The van der Waals surface area contributed by atoms with Crippen molar-refractivity contribution >= 4 is 46.8 Å². The van der Waals surface area contributed by atoms with Crippen LogP contribution in [0.15, 0.2) is 54.7 Å². The van der Waals surface area contributed by atoms with Crippen molar-refractivity contribution in [3.8, 4) is 28.7 Å². The summed E-state index contributed by atoms with van der Waals surface area (Å²) < 4.78 is 26.8. The number of halogens is 2. The molecule has 0 aromatic heterocycles. The Balaban J connectivity index is 1.84. The second-order valence-corrected chi connectivity index (χ2v) is 8.38. The van der Waals surface area contributed by atoms with Crippen LogP contribution in [0.4, 0.5) is 5.69 Å². The molecule has 9 heteroatoms. The number of ketones is 1.